The summed E-state index contributed by atoms with van der Waals surface area (Å²) in [7, 11) is 1.97. The second kappa shape index (κ2) is 2.44. The lowest BCUT2D eigenvalue weighted by molar-refractivity contribution is -0.118. The molecule has 0 amide bonds. The highest BCUT2D eigenvalue weighted by Crippen LogP contribution is 2.46. The SMILES string of the molecule is CC(=O)C1CC1c1nccn1C. The second-order valence-corrected chi connectivity index (χ2v) is 3.46. The molecule has 0 aliphatic heterocycles. The zero-order valence-corrected chi connectivity index (χ0v) is 7.32. The third-order valence-electron chi connectivity index (χ3n) is 2.50. The first-order chi connectivity index (χ1) is 5.70. The van der Waals surface area contributed by atoms with Gasteiger partial charge in [0, 0.05) is 31.3 Å². The number of nitrogens with zero attached hydrogens (tertiary/aromatic N) is 2. The van der Waals surface area contributed by atoms with Gasteiger partial charge >= 0.3 is 0 Å². The molecule has 1 aliphatic rings. The van der Waals surface area contributed by atoms with E-state index in [0.717, 1.165) is 12.2 Å². The van der Waals surface area contributed by atoms with E-state index in [4.69, 9.17) is 0 Å². The molecule has 3 heteroatoms. The van der Waals surface area contributed by atoms with Crippen molar-refractivity contribution in [3.05, 3.63) is 18.2 Å². The van der Waals surface area contributed by atoms with Gasteiger partial charge in [-0.1, -0.05) is 0 Å². The maximum absolute atomic E-state index is 11.0. The van der Waals surface area contributed by atoms with Crippen LogP contribution in [0.5, 0.6) is 0 Å². The van der Waals surface area contributed by atoms with Gasteiger partial charge in [0.15, 0.2) is 0 Å². The standard InChI is InChI=1S/C9H12N2O/c1-6(12)7-5-8(7)9-10-3-4-11(9)2/h3-4,7-8H,5H2,1-2H3. The molecular formula is C9H12N2O. The number of hydrogen-bond acceptors (Lipinski definition) is 2. The molecular weight excluding hydrogens is 152 g/mol. The average molecular weight is 164 g/mol. The first-order valence-corrected chi connectivity index (χ1v) is 4.18. The summed E-state index contributed by atoms with van der Waals surface area (Å²) >= 11 is 0. The molecule has 1 aromatic heterocycles. The summed E-state index contributed by atoms with van der Waals surface area (Å²) in [5.41, 5.74) is 0. The van der Waals surface area contributed by atoms with Crippen LogP contribution < -0.4 is 0 Å². The van der Waals surface area contributed by atoms with E-state index in [9.17, 15) is 4.79 Å². The first-order valence-electron chi connectivity index (χ1n) is 4.18. The maximum atomic E-state index is 11.0. The number of carbonyl (C=O) groups is 1. The van der Waals surface area contributed by atoms with Gasteiger partial charge in [0.2, 0.25) is 0 Å². The third-order valence-corrected chi connectivity index (χ3v) is 2.50. The summed E-state index contributed by atoms with van der Waals surface area (Å²) < 4.78 is 1.99. The molecule has 2 atom stereocenters. The molecule has 1 heterocycles. The van der Waals surface area contributed by atoms with E-state index in [1.54, 1.807) is 13.1 Å². The third kappa shape index (κ3) is 1.05. The fourth-order valence-corrected chi connectivity index (χ4v) is 1.66. The van der Waals surface area contributed by atoms with Crippen molar-refractivity contribution in [3.63, 3.8) is 0 Å². The molecule has 0 spiro atoms. The average Bonchev–Trinajstić information content (AvgIpc) is 2.70. The van der Waals surface area contributed by atoms with Crippen LogP contribution >= 0.6 is 0 Å². The largest absolute Gasteiger partial charge is 0.338 e. The van der Waals surface area contributed by atoms with E-state index >= 15 is 0 Å². The van der Waals surface area contributed by atoms with Crippen LogP contribution in [0.1, 0.15) is 25.1 Å². The molecule has 1 aliphatic carbocycles. The molecule has 0 saturated heterocycles. The van der Waals surface area contributed by atoms with Crippen molar-refractivity contribution in [2.24, 2.45) is 13.0 Å². The summed E-state index contributed by atoms with van der Waals surface area (Å²) in [5.74, 6) is 1.98. The Morgan fingerprint density at radius 3 is 2.92 bits per heavy atom. The lowest BCUT2D eigenvalue weighted by Crippen LogP contribution is -2.00. The van der Waals surface area contributed by atoms with E-state index in [-0.39, 0.29) is 5.92 Å². The molecule has 2 rings (SSSR count). The molecule has 0 radical (unpaired) electrons. The zero-order chi connectivity index (χ0) is 8.72. The van der Waals surface area contributed by atoms with Gasteiger partial charge < -0.3 is 4.57 Å². The fourth-order valence-electron chi connectivity index (χ4n) is 1.66. The fraction of sp³-hybridized carbons (Fsp3) is 0.556. The molecule has 0 aromatic carbocycles. The maximum Gasteiger partial charge on any atom is 0.133 e. The summed E-state index contributed by atoms with van der Waals surface area (Å²) in [6.45, 7) is 1.66. The van der Waals surface area contributed by atoms with Gasteiger partial charge in [-0.05, 0) is 13.3 Å². The number of rotatable bonds is 2. The van der Waals surface area contributed by atoms with Gasteiger partial charge in [0.05, 0.1) is 0 Å². The summed E-state index contributed by atoms with van der Waals surface area (Å²) in [5, 5.41) is 0. The molecule has 2 unspecified atom stereocenters. The molecule has 0 bridgehead atoms. The molecule has 1 fully saturated rings. The van der Waals surface area contributed by atoms with Gasteiger partial charge in [0.25, 0.3) is 0 Å². The molecule has 1 aromatic rings. The highest BCUT2D eigenvalue weighted by atomic mass is 16.1. The Morgan fingerprint density at radius 2 is 2.50 bits per heavy atom. The minimum absolute atomic E-state index is 0.242. The Bertz CT molecular complexity index is 316. The van der Waals surface area contributed by atoms with E-state index in [2.05, 4.69) is 4.98 Å². The van der Waals surface area contributed by atoms with Crippen LogP contribution in [0.4, 0.5) is 0 Å². The van der Waals surface area contributed by atoms with Gasteiger partial charge in [-0.3, -0.25) is 4.79 Å². The normalized spacial score (nSPS) is 27.2. The van der Waals surface area contributed by atoms with Crippen LogP contribution in [-0.2, 0) is 11.8 Å². The van der Waals surface area contributed by atoms with Crippen molar-refractivity contribution in [2.75, 3.05) is 0 Å². The van der Waals surface area contributed by atoms with Gasteiger partial charge in [-0.2, -0.15) is 0 Å². The predicted octanol–water partition coefficient (Wildman–Crippen LogP) is 1.11. The van der Waals surface area contributed by atoms with Gasteiger partial charge in [0.1, 0.15) is 11.6 Å². The van der Waals surface area contributed by atoms with Crippen LogP contribution in [0.25, 0.3) is 0 Å². The van der Waals surface area contributed by atoms with Crippen molar-refractivity contribution in [3.8, 4) is 0 Å². The smallest absolute Gasteiger partial charge is 0.133 e. The quantitative estimate of drug-likeness (QED) is 0.656. The van der Waals surface area contributed by atoms with Crippen molar-refractivity contribution >= 4 is 5.78 Å². The number of aromatic nitrogens is 2. The highest BCUT2D eigenvalue weighted by Gasteiger charge is 2.44. The van der Waals surface area contributed by atoms with Crippen LogP contribution in [0.2, 0.25) is 0 Å². The summed E-state index contributed by atoms with van der Waals surface area (Å²) in [6.07, 6.45) is 4.69. The van der Waals surface area contributed by atoms with Crippen molar-refractivity contribution in [1.82, 2.24) is 9.55 Å². The Kier molecular flexibility index (Phi) is 1.53. The minimum Gasteiger partial charge on any atom is -0.338 e. The zero-order valence-electron chi connectivity index (χ0n) is 7.32. The first kappa shape index (κ1) is 7.53. The Morgan fingerprint density at radius 1 is 1.75 bits per heavy atom. The van der Waals surface area contributed by atoms with Crippen LogP contribution in [0.3, 0.4) is 0 Å². The summed E-state index contributed by atoms with van der Waals surface area (Å²) in [4.78, 5) is 15.2. The molecule has 1 saturated carbocycles. The van der Waals surface area contributed by atoms with E-state index < -0.39 is 0 Å². The monoisotopic (exact) mass is 164 g/mol. The van der Waals surface area contributed by atoms with Crippen molar-refractivity contribution in [1.29, 1.82) is 0 Å². The number of imidazole rings is 1. The molecule has 0 N–H and O–H groups in total. The molecule has 3 nitrogen and oxygen atoms in total. The van der Waals surface area contributed by atoms with Crippen molar-refractivity contribution < 1.29 is 4.79 Å². The second-order valence-electron chi connectivity index (χ2n) is 3.46. The Hall–Kier alpha value is -1.12. The molecule has 64 valence electrons. The number of hydrogen-bond donors (Lipinski definition) is 0. The van der Waals surface area contributed by atoms with Crippen LogP contribution in [0, 0.1) is 5.92 Å². The molecule has 12 heavy (non-hydrogen) atoms. The van der Waals surface area contributed by atoms with E-state index in [1.165, 1.54) is 0 Å². The van der Waals surface area contributed by atoms with Crippen molar-refractivity contribution in [2.45, 2.75) is 19.3 Å². The minimum atomic E-state index is 0.242. The van der Waals surface area contributed by atoms with E-state index in [0.29, 0.717) is 11.7 Å². The number of carbonyl (C=O) groups excluding carboxylic acids is 1. The van der Waals surface area contributed by atoms with Gasteiger partial charge in [-0.25, -0.2) is 4.98 Å². The highest BCUT2D eigenvalue weighted by molar-refractivity contribution is 5.82. The van der Waals surface area contributed by atoms with E-state index in [1.807, 2.05) is 17.8 Å². The lowest BCUT2D eigenvalue weighted by atomic mass is 10.2. The topological polar surface area (TPSA) is 34.9 Å². The lowest BCUT2D eigenvalue weighted by Gasteiger charge is -1.97. The Balaban J connectivity index is 2.15. The van der Waals surface area contributed by atoms with Gasteiger partial charge in [-0.15, -0.1) is 0 Å². The number of Topliss-reactive ketones (excluding diaryl/α,β-unsaturated/α-hetero) is 1. The summed E-state index contributed by atoms with van der Waals surface area (Å²) in [6, 6.07) is 0. The van der Waals surface area contributed by atoms with Crippen LogP contribution in [0.15, 0.2) is 12.4 Å². The van der Waals surface area contributed by atoms with Crippen LogP contribution in [-0.4, -0.2) is 15.3 Å². The number of aryl methyl sites for hydroxylation is 1. The predicted molar refractivity (Wildman–Crippen MR) is 44.7 cm³/mol. The number of ketones is 1. The Labute approximate surface area is 71.4 Å².